The van der Waals surface area contributed by atoms with Crippen LogP contribution in [0.25, 0.3) is 11.0 Å². The summed E-state index contributed by atoms with van der Waals surface area (Å²) in [5.74, 6) is 0. The quantitative estimate of drug-likeness (QED) is 0.405. The minimum Gasteiger partial charge on any atom is -0.383 e. The number of nitriles is 1. The van der Waals surface area contributed by atoms with Gasteiger partial charge in [-0.3, -0.25) is 0 Å². The molecule has 0 aliphatic carbocycles. The fourth-order valence-corrected chi connectivity index (χ4v) is 3.35. The van der Waals surface area contributed by atoms with Crippen LogP contribution < -0.4 is 5.32 Å². The van der Waals surface area contributed by atoms with E-state index in [2.05, 4.69) is 36.0 Å². The number of halogens is 1. The van der Waals surface area contributed by atoms with Crippen molar-refractivity contribution in [1.29, 1.82) is 5.26 Å². The van der Waals surface area contributed by atoms with Crippen molar-refractivity contribution in [3.8, 4) is 6.07 Å². The van der Waals surface area contributed by atoms with Gasteiger partial charge in [-0.1, -0.05) is 31.2 Å². The molecule has 0 saturated heterocycles. The largest absolute Gasteiger partial charge is 0.383 e. The Labute approximate surface area is 154 Å². The lowest BCUT2D eigenvalue weighted by Crippen LogP contribution is -2.22. The van der Waals surface area contributed by atoms with E-state index < -0.39 is 8.07 Å². The number of fused-ring (bicyclic) bond motifs is 1. The molecule has 2 rings (SSSR count). The van der Waals surface area contributed by atoms with Crippen molar-refractivity contribution in [2.45, 2.75) is 32.4 Å². The van der Waals surface area contributed by atoms with Crippen molar-refractivity contribution in [2.75, 3.05) is 32.2 Å². The zero-order valence-corrected chi connectivity index (χ0v) is 17.0. The molecule has 25 heavy (non-hydrogen) atoms. The smallest absolute Gasteiger partial charge is 0.147 e. The fourth-order valence-electron chi connectivity index (χ4n) is 2.41. The summed E-state index contributed by atoms with van der Waals surface area (Å²) in [7, 11) is 0.512. The summed E-state index contributed by atoms with van der Waals surface area (Å²) < 4.78 is 12.7. The summed E-state index contributed by atoms with van der Waals surface area (Å²) in [4.78, 5) is 4.40. The van der Waals surface area contributed by atoms with E-state index in [0.717, 1.165) is 17.1 Å². The predicted molar refractivity (Wildman–Crippen MR) is 104 cm³/mol. The molecule has 1 N–H and O–H groups in total. The SMILES string of the molecule is COCCNc1cc(Cl)nc2c1c(C#N)cn2COCC[Si](C)(C)C. The number of ether oxygens (including phenoxy) is 2. The molecule has 2 aromatic heterocycles. The summed E-state index contributed by atoms with van der Waals surface area (Å²) in [5.41, 5.74) is 1.98. The molecule has 0 aliphatic heterocycles. The molecule has 0 spiro atoms. The molecule has 2 heterocycles. The topological polar surface area (TPSA) is 72.1 Å². The number of aromatic nitrogens is 2. The molecule has 0 aliphatic rings. The molecule has 2 aromatic rings. The van der Waals surface area contributed by atoms with E-state index >= 15 is 0 Å². The van der Waals surface area contributed by atoms with Crippen LogP contribution in [0.15, 0.2) is 12.3 Å². The Kier molecular flexibility index (Phi) is 6.84. The van der Waals surface area contributed by atoms with Crippen LogP contribution >= 0.6 is 11.6 Å². The molecule has 0 aromatic carbocycles. The number of hydrogen-bond donors (Lipinski definition) is 1. The zero-order valence-electron chi connectivity index (χ0n) is 15.2. The standard InChI is InChI=1S/C17H25ClN4O2Si/c1-23-6-5-20-14-9-15(18)21-17-16(14)13(10-19)11-22(17)12-24-7-8-25(2,3)4/h9,11H,5-8,12H2,1-4H3,(H,20,21). The van der Waals surface area contributed by atoms with Crippen LogP contribution in [0.4, 0.5) is 5.69 Å². The van der Waals surface area contributed by atoms with Gasteiger partial charge in [0.05, 0.1) is 17.6 Å². The third-order valence-electron chi connectivity index (χ3n) is 3.76. The van der Waals surface area contributed by atoms with Crippen LogP contribution in [0, 0.1) is 11.3 Å². The average molecular weight is 381 g/mol. The zero-order chi connectivity index (χ0) is 18.4. The predicted octanol–water partition coefficient (Wildman–Crippen LogP) is 3.93. The van der Waals surface area contributed by atoms with E-state index in [0.29, 0.717) is 42.9 Å². The number of nitrogens with zero attached hydrogens (tertiary/aromatic N) is 3. The first-order valence-corrected chi connectivity index (χ1v) is 12.3. The number of anilines is 1. The van der Waals surface area contributed by atoms with Crippen LogP contribution in [0.3, 0.4) is 0 Å². The molecular weight excluding hydrogens is 356 g/mol. The van der Waals surface area contributed by atoms with Crippen molar-refractivity contribution in [3.63, 3.8) is 0 Å². The maximum absolute atomic E-state index is 9.48. The molecule has 0 bridgehead atoms. The van der Waals surface area contributed by atoms with E-state index in [4.69, 9.17) is 21.1 Å². The third kappa shape index (κ3) is 5.44. The second kappa shape index (κ2) is 8.67. The molecule has 0 radical (unpaired) electrons. The number of rotatable bonds is 9. The third-order valence-corrected chi connectivity index (χ3v) is 5.66. The van der Waals surface area contributed by atoms with E-state index in [-0.39, 0.29) is 0 Å². The Balaban J connectivity index is 2.25. The van der Waals surface area contributed by atoms with Crippen molar-refractivity contribution in [3.05, 3.63) is 23.0 Å². The molecule has 136 valence electrons. The highest BCUT2D eigenvalue weighted by atomic mass is 35.5. The lowest BCUT2D eigenvalue weighted by molar-refractivity contribution is 0.0898. The maximum Gasteiger partial charge on any atom is 0.147 e. The summed E-state index contributed by atoms with van der Waals surface area (Å²) >= 11 is 6.17. The monoisotopic (exact) mass is 380 g/mol. The van der Waals surface area contributed by atoms with Crippen LogP contribution in [0.5, 0.6) is 0 Å². The first-order valence-electron chi connectivity index (χ1n) is 8.26. The average Bonchev–Trinajstić information content (AvgIpc) is 2.88. The van der Waals surface area contributed by atoms with E-state index in [1.807, 2.05) is 4.57 Å². The Bertz CT molecular complexity index is 765. The van der Waals surface area contributed by atoms with Crippen molar-refractivity contribution in [1.82, 2.24) is 9.55 Å². The Hall–Kier alpha value is -1.59. The van der Waals surface area contributed by atoms with E-state index in [1.54, 1.807) is 19.4 Å². The Morgan fingerprint density at radius 1 is 1.36 bits per heavy atom. The first kappa shape index (κ1) is 19.7. The van der Waals surface area contributed by atoms with Gasteiger partial charge in [0.25, 0.3) is 0 Å². The molecule has 6 nitrogen and oxygen atoms in total. The van der Waals surface area contributed by atoms with E-state index in [1.165, 1.54) is 0 Å². The summed E-state index contributed by atoms with van der Waals surface area (Å²) in [6.07, 6.45) is 1.77. The van der Waals surface area contributed by atoms with Gasteiger partial charge in [-0.05, 0) is 12.1 Å². The number of nitrogens with one attached hydrogen (secondary N) is 1. The highest BCUT2D eigenvalue weighted by molar-refractivity contribution is 6.76. The molecule has 0 unspecified atom stereocenters. The lowest BCUT2D eigenvalue weighted by atomic mass is 10.2. The van der Waals surface area contributed by atoms with Crippen molar-refractivity contribution < 1.29 is 9.47 Å². The lowest BCUT2D eigenvalue weighted by Gasteiger charge is -2.15. The van der Waals surface area contributed by atoms with Gasteiger partial charge in [-0.2, -0.15) is 5.26 Å². The second-order valence-electron chi connectivity index (χ2n) is 7.08. The minimum atomic E-state index is -1.13. The summed E-state index contributed by atoms with van der Waals surface area (Å²) in [5, 5.41) is 13.9. The number of pyridine rings is 1. The van der Waals surface area contributed by atoms with Gasteiger partial charge in [0.1, 0.15) is 23.6 Å². The van der Waals surface area contributed by atoms with Gasteiger partial charge in [-0.15, -0.1) is 0 Å². The molecule has 0 fully saturated rings. The maximum atomic E-state index is 9.48. The highest BCUT2D eigenvalue weighted by Gasteiger charge is 2.16. The molecule has 0 saturated carbocycles. The Morgan fingerprint density at radius 3 is 2.76 bits per heavy atom. The minimum absolute atomic E-state index is 0.355. The highest BCUT2D eigenvalue weighted by Crippen LogP contribution is 2.30. The van der Waals surface area contributed by atoms with Gasteiger partial charge in [0.15, 0.2) is 0 Å². The first-order chi connectivity index (χ1) is 11.9. The summed E-state index contributed by atoms with van der Waals surface area (Å²) in [6.45, 7) is 9.18. The van der Waals surface area contributed by atoms with Crippen molar-refractivity contribution in [2.24, 2.45) is 0 Å². The molecule has 8 heteroatoms. The second-order valence-corrected chi connectivity index (χ2v) is 13.1. The molecule has 0 amide bonds. The molecular formula is C17H25ClN4O2Si. The van der Waals surface area contributed by atoms with Crippen LogP contribution in [-0.4, -0.2) is 44.5 Å². The van der Waals surface area contributed by atoms with Crippen LogP contribution in [0.2, 0.25) is 30.8 Å². The fraction of sp³-hybridized carbons (Fsp3) is 0.529. The van der Waals surface area contributed by atoms with Gasteiger partial charge in [0, 0.05) is 40.2 Å². The van der Waals surface area contributed by atoms with Crippen LogP contribution in [0.1, 0.15) is 5.56 Å². The van der Waals surface area contributed by atoms with E-state index in [9.17, 15) is 5.26 Å². The Morgan fingerprint density at radius 2 is 2.12 bits per heavy atom. The van der Waals surface area contributed by atoms with Gasteiger partial charge in [-0.25, -0.2) is 4.98 Å². The number of methoxy groups -OCH3 is 1. The number of hydrogen-bond acceptors (Lipinski definition) is 5. The van der Waals surface area contributed by atoms with Gasteiger partial charge >= 0.3 is 0 Å². The van der Waals surface area contributed by atoms with Crippen molar-refractivity contribution >= 4 is 36.4 Å². The molecule has 0 atom stereocenters. The van der Waals surface area contributed by atoms with Gasteiger partial charge < -0.3 is 19.4 Å². The van der Waals surface area contributed by atoms with Crippen LogP contribution in [-0.2, 0) is 16.2 Å². The van der Waals surface area contributed by atoms with Gasteiger partial charge in [0.2, 0.25) is 0 Å². The summed E-state index contributed by atoms with van der Waals surface area (Å²) in [6, 6.07) is 5.06. The normalized spacial score (nSPS) is 11.7.